The van der Waals surface area contributed by atoms with Gasteiger partial charge in [0.2, 0.25) is 0 Å². The maximum Gasteiger partial charge on any atom is 0.306 e. The molecule has 0 fully saturated rings. The molecule has 0 radical (unpaired) electrons. The first-order chi connectivity index (χ1) is 7.77. The second-order valence-electron chi connectivity index (χ2n) is 5.22. The predicted octanol–water partition coefficient (Wildman–Crippen LogP) is 2.70. The van der Waals surface area contributed by atoms with Gasteiger partial charge in [-0.3, -0.25) is 9.59 Å². The van der Waals surface area contributed by atoms with Crippen LogP contribution in [0.3, 0.4) is 0 Å². The van der Waals surface area contributed by atoms with E-state index >= 15 is 0 Å². The number of rotatable bonds is 6. The Bertz CT molecular complexity index is 253. The van der Waals surface area contributed by atoms with E-state index in [1.54, 1.807) is 0 Å². The molecule has 0 spiro atoms. The van der Waals surface area contributed by atoms with Crippen LogP contribution in [-0.4, -0.2) is 24.6 Å². The molecule has 4 nitrogen and oxygen atoms in total. The molecule has 0 aromatic carbocycles. The largest absolute Gasteiger partial charge is 0.466 e. The molecule has 0 aromatic heterocycles. The normalized spacial score (nSPS) is 13.0. The van der Waals surface area contributed by atoms with Crippen LogP contribution in [0.1, 0.15) is 53.9 Å². The molecule has 0 saturated heterocycles. The lowest BCUT2D eigenvalue weighted by Gasteiger charge is -2.26. The van der Waals surface area contributed by atoms with Crippen LogP contribution >= 0.6 is 0 Å². The Labute approximate surface area is 104 Å². The molecule has 0 aromatic rings. The molecule has 0 amide bonds. The van der Waals surface area contributed by atoms with E-state index in [0.29, 0.717) is 6.61 Å². The van der Waals surface area contributed by atoms with Crippen LogP contribution < -0.4 is 0 Å². The van der Waals surface area contributed by atoms with Gasteiger partial charge in [-0.2, -0.15) is 0 Å². The maximum atomic E-state index is 11.4. The van der Waals surface area contributed by atoms with Crippen molar-refractivity contribution in [2.24, 2.45) is 5.41 Å². The molecule has 4 heteroatoms. The van der Waals surface area contributed by atoms with Gasteiger partial charge in [0.25, 0.3) is 0 Å². The molecule has 0 aliphatic carbocycles. The highest BCUT2D eigenvalue weighted by atomic mass is 16.5. The summed E-state index contributed by atoms with van der Waals surface area (Å²) in [5.41, 5.74) is -0.0849. The minimum atomic E-state index is -0.346. The molecule has 0 N–H and O–H groups in total. The fraction of sp³-hybridized carbons (Fsp3) is 0.846. The first-order valence-corrected chi connectivity index (χ1v) is 6.12. The van der Waals surface area contributed by atoms with Crippen LogP contribution in [0.5, 0.6) is 0 Å². The highest BCUT2D eigenvalue weighted by Crippen LogP contribution is 2.22. The first-order valence-electron chi connectivity index (χ1n) is 6.12. The van der Waals surface area contributed by atoms with E-state index in [1.165, 1.54) is 0 Å². The van der Waals surface area contributed by atoms with Gasteiger partial charge in [0.15, 0.2) is 0 Å². The third-order valence-electron chi connectivity index (χ3n) is 2.53. The van der Waals surface area contributed by atoms with E-state index in [-0.39, 0.29) is 36.3 Å². The minimum Gasteiger partial charge on any atom is -0.466 e. The number of esters is 2. The molecule has 0 rings (SSSR count). The summed E-state index contributed by atoms with van der Waals surface area (Å²) in [6.45, 7) is 10.2. The summed E-state index contributed by atoms with van der Waals surface area (Å²) in [5.74, 6) is -0.687. The number of hydrogen-bond acceptors (Lipinski definition) is 4. The Kier molecular flexibility index (Phi) is 6.85. The molecule has 0 heterocycles. The molecular weight excluding hydrogens is 220 g/mol. The minimum absolute atomic E-state index is 0.0849. The lowest BCUT2D eigenvalue weighted by Crippen LogP contribution is -2.28. The fourth-order valence-electron chi connectivity index (χ4n) is 0.925. The second-order valence-corrected chi connectivity index (χ2v) is 5.22. The van der Waals surface area contributed by atoms with Gasteiger partial charge >= 0.3 is 11.9 Å². The van der Waals surface area contributed by atoms with Gasteiger partial charge in [0, 0.05) is 0 Å². The topological polar surface area (TPSA) is 52.6 Å². The number of hydrogen-bond donors (Lipinski definition) is 0. The molecule has 0 aliphatic rings. The molecule has 1 atom stereocenters. The SMILES string of the molecule is CCCOC(=O)CCC(=O)OC(C)C(C)(C)C. The average molecular weight is 244 g/mol. The van der Waals surface area contributed by atoms with E-state index in [4.69, 9.17) is 9.47 Å². The van der Waals surface area contributed by atoms with Crippen molar-refractivity contribution in [1.29, 1.82) is 0 Å². The van der Waals surface area contributed by atoms with Gasteiger partial charge in [-0.05, 0) is 18.8 Å². The summed E-state index contributed by atoms with van der Waals surface area (Å²) in [7, 11) is 0. The molecular formula is C13H24O4. The summed E-state index contributed by atoms with van der Waals surface area (Å²) in [4.78, 5) is 22.6. The lowest BCUT2D eigenvalue weighted by atomic mass is 9.90. The Morgan fingerprint density at radius 2 is 1.65 bits per heavy atom. The smallest absolute Gasteiger partial charge is 0.306 e. The van der Waals surface area contributed by atoms with E-state index in [1.807, 2.05) is 34.6 Å². The highest BCUT2D eigenvalue weighted by Gasteiger charge is 2.23. The Hall–Kier alpha value is -1.06. The van der Waals surface area contributed by atoms with Crippen molar-refractivity contribution in [3.05, 3.63) is 0 Å². The van der Waals surface area contributed by atoms with Crippen LogP contribution in [-0.2, 0) is 19.1 Å². The zero-order chi connectivity index (χ0) is 13.5. The summed E-state index contributed by atoms with van der Waals surface area (Å²) in [6, 6.07) is 0. The Morgan fingerprint density at radius 1 is 1.12 bits per heavy atom. The van der Waals surface area contributed by atoms with Crippen LogP contribution in [0.4, 0.5) is 0 Å². The highest BCUT2D eigenvalue weighted by molar-refractivity contribution is 5.77. The van der Waals surface area contributed by atoms with Crippen molar-refractivity contribution >= 4 is 11.9 Å². The van der Waals surface area contributed by atoms with Crippen molar-refractivity contribution in [2.45, 2.75) is 60.0 Å². The monoisotopic (exact) mass is 244 g/mol. The van der Waals surface area contributed by atoms with Gasteiger partial charge in [0.1, 0.15) is 6.10 Å². The summed E-state index contributed by atoms with van der Waals surface area (Å²) in [5, 5.41) is 0. The molecule has 1 unspecified atom stereocenters. The first kappa shape index (κ1) is 15.9. The van der Waals surface area contributed by atoms with Gasteiger partial charge in [-0.25, -0.2) is 0 Å². The molecule has 0 bridgehead atoms. The Morgan fingerprint density at radius 3 is 2.12 bits per heavy atom. The quantitative estimate of drug-likeness (QED) is 0.674. The van der Waals surface area contributed by atoms with Crippen molar-refractivity contribution in [3.63, 3.8) is 0 Å². The van der Waals surface area contributed by atoms with E-state index in [2.05, 4.69) is 0 Å². The van der Waals surface area contributed by atoms with Gasteiger partial charge < -0.3 is 9.47 Å². The predicted molar refractivity (Wildman–Crippen MR) is 65.5 cm³/mol. The van der Waals surface area contributed by atoms with Crippen molar-refractivity contribution < 1.29 is 19.1 Å². The third kappa shape index (κ3) is 7.77. The average Bonchev–Trinajstić information content (AvgIpc) is 2.22. The summed E-state index contributed by atoms with van der Waals surface area (Å²) < 4.78 is 10.1. The van der Waals surface area contributed by atoms with E-state index < -0.39 is 0 Å². The standard InChI is InChI=1S/C13H24O4/c1-6-9-16-11(14)7-8-12(15)17-10(2)13(3,4)5/h10H,6-9H2,1-5H3. The number of carbonyl (C=O) groups excluding carboxylic acids is 2. The van der Waals surface area contributed by atoms with Crippen LogP contribution in [0.2, 0.25) is 0 Å². The molecule has 100 valence electrons. The summed E-state index contributed by atoms with van der Waals surface area (Å²) in [6.07, 6.45) is 0.803. The molecule has 17 heavy (non-hydrogen) atoms. The number of carbonyl (C=O) groups is 2. The van der Waals surface area contributed by atoms with Crippen LogP contribution in [0.15, 0.2) is 0 Å². The zero-order valence-electron chi connectivity index (χ0n) is 11.5. The van der Waals surface area contributed by atoms with Crippen molar-refractivity contribution in [1.82, 2.24) is 0 Å². The van der Waals surface area contributed by atoms with Gasteiger partial charge in [-0.1, -0.05) is 27.7 Å². The number of ether oxygens (including phenoxy) is 2. The lowest BCUT2D eigenvalue weighted by molar-refractivity contribution is -0.156. The van der Waals surface area contributed by atoms with Crippen molar-refractivity contribution in [2.75, 3.05) is 6.61 Å². The maximum absolute atomic E-state index is 11.4. The van der Waals surface area contributed by atoms with Crippen LogP contribution in [0.25, 0.3) is 0 Å². The third-order valence-corrected chi connectivity index (χ3v) is 2.53. The molecule has 0 aliphatic heterocycles. The van der Waals surface area contributed by atoms with Gasteiger partial charge in [0.05, 0.1) is 19.4 Å². The zero-order valence-corrected chi connectivity index (χ0v) is 11.5. The Balaban J connectivity index is 3.84. The van der Waals surface area contributed by atoms with Gasteiger partial charge in [-0.15, -0.1) is 0 Å². The summed E-state index contributed by atoms with van der Waals surface area (Å²) >= 11 is 0. The second kappa shape index (κ2) is 7.30. The van der Waals surface area contributed by atoms with Crippen molar-refractivity contribution in [3.8, 4) is 0 Å². The van der Waals surface area contributed by atoms with Crippen LogP contribution in [0, 0.1) is 5.41 Å². The van der Waals surface area contributed by atoms with E-state index in [0.717, 1.165) is 6.42 Å². The molecule has 0 saturated carbocycles. The van der Waals surface area contributed by atoms with E-state index in [9.17, 15) is 9.59 Å². The fourth-order valence-corrected chi connectivity index (χ4v) is 0.925.